The van der Waals surface area contributed by atoms with Crippen molar-refractivity contribution in [3.05, 3.63) is 75.7 Å². The van der Waals surface area contributed by atoms with Crippen LogP contribution in [0.2, 0.25) is 10.0 Å². The van der Waals surface area contributed by atoms with Crippen LogP contribution in [0.15, 0.2) is 48.7 Å². The van der Waals surface area contributed by atoms with Gasteiger partial charge in [0.1, 0.15) is 11.9 Å². The Morgan fingerprint density at radius 2 is 1.74 bits per heavy atom. The third-order valence-corrected chi connectivity index (χ3v) is 7.37. The zero-order chi connectivity index (χ0) is 28.3. The van der Waals surface area contributed by atoms with E-state index in [1.165, 1.54) is 12.1 Å². The van der Waals surface area contributed by atoms with E-state index in [1.807, 2.05) is 12.1 Å². The summed E-state index contributed by atoms with van der Waals surface area (Å²) in [5.74, 6) is -0.152. The minimum atomic E-state index is -0.693. The molecule has 0 saturated carbocycles. The molecule has 39 heavy (non-hydrogen) atoms. The van der Waals surface area contributed by atoms with Crippen molar-refractivity contribution in [3.63, 3.8) is 0 Å². The number of carbonyl (C=O) groups excluding carboxylic acids is 2. The molecule has 0 bridgehead atoms. The van der Waals surface area contributed by atoms with E-state index in [0.29, 0.717) is 49.6 Å². The van der Waals surface area contributed by atoms with Crippen LogP contribution in [-0.2, 0) is 4.79 Å². The van der Waals surface area contributed by atoms with Crippen LogP contribution in [0.5, 0.6) is 5.75 Å². The largest absolute Gasteiger partial charge is 0.482 e. The number of hydrogen-bond acceptors (Lipinski definition) is 6. The van der Waals surface area contributed by atoms with Crippen LogP contribution in [0.3, 0.4) is 0 Å². The highest BCUT2D eigenvalue weighted by atomic mass is 35.5. The standard InChI is InChI=1S/C28H30Cl2FN5O3/c1-17(25-21(29)8-9-22(31)26(25)30)39-23-14-20(15-33-27(23)32)18-4-6-19(7-5-18)28(38)36-12-10-35(11-13-36)16-24(37)34(2)3/h4-9,14-15,17H,10-13,16H2,1-3H3,(H2,32,33). The first-order chi connectivity index (χ1) is 18.5. The first-order valence-corrected chi connectivity index (χ1v) is 13.2. The number of nitrogen functional groups attached to an aromatic ring is 1. The summed E-state index contributed by atoms with van der Waals surface area (Å²) in [7, 11) is 3.47. The Labute approximate surface area is 237 Å². The molecular formula is C28H30Cl2FN5O3. The second-order valence-corrected chi connectivity index (χ2v) is 10.3. The number of halogens is 3. The molecule has 4 rings (SSSR count). The van der Waals surface area contributed by atoms with Gasteiger partial charge in [0, 0.05) is 68.2 Å². The molecule has 2 N–H and O–H groups in total. The van der Waals surface area contributed by atoms with Crippen LogP contribution in [0.1, 0.15) is 28.9 Å². The maximum absolute atomic E-state index is 14.0. The highest BCUT2D eigenvalue weighted by Gasteiger charge is 2.24. The lowest BCUT2D eigenvalue weighted by Gasteiger charge is -2.34. The molecular weight excluding hydrogens is 544 g/mol. The molecule has 1 saturated heterocycles. The van der Waals surface area contributed by atoms with Gasteiger partial charge in [0.2, 0.25) is 5.91 Å². The molecule has 1 aromatic heterocycles. The molecule has 1 aliphatic heterocycles. The Bertz CT molecular complexity index is 1360. The topological polar surface area (TPSA) is 92.0 Å². The van der Waals surface area contributed by atoms with Gasteiger partial charge in [-0.1, -0.05) is 35.3 Å². The summed E-state index contributed by atoms with van der Waals surface area (Å²) in [4.78, 5) is 34.7. The Kier molecular flexibility index (Phi) is 8.94. The summed E-state index contributed by atoms with van der Waals surface area (Å²) in [5.41, 5.74) is 8.47. The summed E-state index contributed by atoms with van der Waals surface area (Å²) in [6.45, 7) is 4.45. The number of aromatic nitrogens is 1. The van der Waals surface area contributed by atoms with E-state index in [0.717, 1.165) is 11.1 Å². The lowest BCUT2D eigenvalue weighted by molar-refractivity contribution is -0.130. The number of ether oxygens (including phenoxy) is 1. The normalized spacial score (nSPS) is 14.7. The number of nitrogens with zero attached hydrogens (tertiary/aromatic N) is 4. The SMILES string of the molecule is CC(Oc1cc(-c2ccc(C(=O)N3CCN(CC(=O)N(C)C)CC3)cc2)cnc1N)c1c(Cl)ccc(F)c1Cl. The van der Waals surface area contributed by atoms with Crippen molar-refractivity contribution in [1.29, 1.82) is 0 Å². The van der Waals surface area contributed by atoms with Crippen LogP contribution in [0.25, 0.3) is 11.1 Å². The summed E-state index contributed by atoms with van der Waals surface area (Å²) in [6.07, 6.45) is 0.918. The maximum Gasteiger partial charge on any atom is 0.253 e. The van der Waals surface area contributed by atoms with Crippen molar-refractivity contribution in [2.75, 3.05) is 52.6 Å². The Morgan fingerprint density at radius 3 is 2.38 bits per heavy atom. The van der Waals surface area contributed by atoms with Crippen molar-refractivity contribution in [2.45, 2.75) is 13.0 Å². The molecule has 0 aliphatic carbocycles. The van der Waals surface area contributed by atoms with E-state index in [1.54, 1.807) is 55.2 Å². The molecule has 206 valence electrons. The lowest BCUT2D eigenvalue weighted by atomic mass is 10.0. The second kappa shape index (κ2) is 12.2. The van der Waals surface area contributed by atoms with Crippen molar-refractivity contribution in [2.24, 2.45) is 0 Å². The number of anilines is 1. The van der Waals surface area contributed by atoms with Crippen molar-refractivity contribution >= 4 is 40.8 Å². The van der Waals surface area contributed by atoms with Crippen molar-refractivity contribution in [1.82, 2.24) is 19.7 Å². The summed E-state index contributed by atoms with van der Waals surface area (Å²) >= 11 is 12.4. The zero-order valence-electron chi connectivity index (χ0n) is 22.0. The molecule has 8 nitrogen and oxygen atoms in total. The number of benzene rings is 2. The van der Waals surface area contributed by atoms with E-state index in [-0.39, 0.29) is 27.7 Å². The maximum atomic E-state index is 14.0. The first kappa shape index (κ1) is 28.6. The molecule has 0 spiro atoms. The molecule has 3 aromatic rings. The second-order valence-electron chi connectivity index (χ2n) is 9.56. The number of rotatable bonds is 7. The molecule has 1 atom stereocenters. The highest BCUT2D eigenvalue weighted by molar-refractivity contribution is 6.36. The molecule has 2 amide bonds. The van der Waals surface area contributed by atoms with E-state index in [2.05, 4.69) is 9.88 Å². The fraction of sp³-hybridized carbons (Fsp3) is 0.321. The van der Waals surface area contributed by atoms with Crippen LogP contribution < -0.4 is 10.5 Å². The Balaban J connectivity index is 1.43. The average Bonchev–Trinajstić information content (AvgIpc) is 2.92. The summed E-state index contributed by atoms with van der Waals surface area (Å²) in [6, 6.07) is 11.5. The monoisotopic (exact) mass is 573 g/mol. The molecule has 1 unspecified atom stereocenters. The van der Waals surface area contributed by atoms with Crippen molar-refractivity contribution < 1.29 is 18.7 Å². The number of nitrogens with two attached hydrogens (primary N) is 1. The average molecular weight is 574 g/mol. The van der Waals surface area contributed by atoms with Crippen LogP contribution in [0, 0.1) is 5.82 Å². The van der Waals surface area contributed by atoms with Gasteiger partial charge < -0.3 is 20.3 Å². The number of piperazine rings is 1. The predicted molar refractivity (Wildman–Crippen MR) is 151 cm³/mol. The Morgan fingerprint density at radius 1 is 1.08 bits per heavy atom. The van der Waals surface area contributed by atoms with E-state index in [9.17, 15) is 14.0 Å². The van der Waals surface area contributed by atoms with Gasteiger partial charge in [-0.15, -0.1) is 0 Å². The molecule has 1 aliphatic rings. The number of carbonyl (C=O) groups is 2. The highest BCUT2D eigenvalue weighted by Crippen LogP contribution is 2.37. The van der Waals surface area contributed by atoms with Gasteiger partial charge in [-0.2, -0.15) is 0 Å². The first-order valence-electron chi connectivity index (χ1n) is 12.4. The molecule has 1 fully saturated rings. The third kappa shape index (κ3) is 6.61. The molecule has 11 heteroatoms. The molecule has 2 heterocycles. The van der Waals surface area contributed by atoms with Gasteiger partial charge in [0.05, 0.1) is 11.6 Å². The minimum absolute atomic E-state index is 0.0482. The summed E-state index contributed by atoms with van der Waals surface area (Å²) < 4.78 is 20.0. The zero-order valence-corrected chi connectivity index (χ0v) is 23.5. The fourth-order valence-electron chi connectivity index (χ4n) is 4.30. The smallest absolute Gasteiger partial charge is 0.253 e. The molecule has 0 radical (unpaired) electrons. The minimum Gasteiger partial charge on any atom is -0.482 e. The van der Waals surface area contributed by atoms with Gasteiger partial charge in [0.25, 0.3) is 5.91 Å². The number of likely N-dealkylation sites (N-methyl/N-ethyl adjacent to an activating group) is 1. The van der Waals surface area contributed by atoms with Crippen LogP contribution >= 0.6 is 23.2 Å². The third-order valence-electron chi connectivity index (χ3n) is 6.65. The lowest BCUT2D eigenvalue weighted by Crippen LogP contribution is -2.51. The van der Waals surface area contributed by atoms with Gasteiger partial charge in [-0.3, -0.25) is 14.5 Å². The van der Waals surface area contributed by atoms with E-state index >= 15 is 0 Å². The van der Waals surface area contributed by atoms with Gasteiger partial charge in [-0.05, 0) is 42.8 Å². The number of amides is 2. The van der Waals surface area contributed by atoms with Gasteiger partial charge in [-0.25, -0.2) is 9.37 Å². The van der Waals surface area contributed by atoms with Crippen LogP contribution in [-0.4, -0.2) is 78.3 Å². The van der Waals surface area contributed by atoms with Crippen LogP contribution in [0.4, 0.5) is 10.2 Å². The fourth-order valence-corrected chi connectivity index (χ4v) is 4.98. The van der Waals surface area contributed by atoms with E-state index in [4.69, 9.17) is 33.7 Å². The quantitative estimate of drug-likeness (QED) is 0.409. The summed E-state index contributed by atoms with van der Waals surface area (Å²) in [5, 5.41) is 0.168. The number of pyridine rings is 1. The van der Waals surface area contributed by atoms with Crippen molar-refractivity contribution in [3.8, 4) is 16.9 Å². The number of hydrogen-bond donors (Lipinski definition) is 1. The van der Waals surface area contributed by atoms with Gasteiger partial charge in [0.15, 0.2) is 11.6 Å². The van der Waals surface area contributed by atoms with Gasteiger partial charge >= 0.3 is 0 Å². The Hall–Kier alpha value is -3.40. The van der Waals surface area contributed by atoms with E-state index < -0.39 is 11.9 Å². The predicted octanol–water partition coefficient (Wildman–Crippen LogP) is 4.76. The molecule has 2 aromatic carbocycles.